The third-order valence-electron chi connectivity index (χ3n) is 3.93. The number of amides is 1. The van der Waals surface area contributed by atoms with Gasteiger partial charge in [-0.3, -0.25) is 4.79 Å². The molecule has 0 radical (unpaired) electrons. The van der Waals surface area contributed by atoms with Gasteiger partial charge in [0.15, 0.2) is 11.5 Å². The van der Waals surface area contributed by atoms with Crippen molar-refractivity contribution in [1.29, 1.82) is 0 Å². The van der Waals surface area contributed by atoms with E-state index in [1.165, 1.54) is 15.6 Å². The van der Waals surface area contributed by atoms with Crippen LogP contribution in [0.15, 0.2) is 41.8 Å². The number of carbonyl (C=O) groups excluding carboxylic acids is 1. The normalized spacial score (nSPS) is 12.5. The van der Waals surface area contributed by atoms with Gasteiger partial charge in [-0.15, -0.1) is 11.3 Å². The molecule has 0 atom stereocenters. The topological polar surface area (TPSA) is 47.6 Å². The van der Waals surface area contributed by atoms with Crippen molar-refractivity contribution in [3.05, 3.63) is 57.9 Å². The summed E-state index contributed by atoms with van der Waals surface area (Å²) in [5, 5.41) is 6.72. The van der Waals surface area contributed by atoms with Gasteiger partial charge in [-0.05, 0) is 40.9 Å². The SMILES string of the molecule is O=C(NCCc1csc2ccccc12)c1cc(Cl)c2c(c1)OCO2. The summed E-state index contributed by atoms with van der Waals surface area (Å²) < 4.78 is 11.8. The van der Waals surface area contributed by atoms with E-state index in [9.17, 15) is 4.79 Å². The van der Waals surface area contributed by atoms with E-state index in [4.69, 9.17) is 21.1 Å². The van der Waals surface area contributed by atoms with Gasteiger partial charge in [0, 0.05) is 16.8 Å². The first-order chi connectivity index (χ1) is 11.7. The summed E-state index contributed by atoms with van der Waals surface area (Å²) in [5.41, 5.74) is 1.72. The van der Waals surface area contributed by atoms with Gasteiger partial charge in [0.05, 0.1) is 5.02 Å². The molecule has 0 saturated heterocycles. The first kappa shape index (κ1) is 15.3. The lowest BCUT2D eigenvalue weighted by molar-refractivity contribution is 0.0953. The van der Waals surface area contributed by atoms with Gasteiger partial charge in [0.1, 0.15) is 0 Å². The molecule has 2 heterocycles. The number of hydrogen-bond donors (Lipinski definition) is 1. The van der Waals surface area contributed by atoms with E-state index in [2.05, 4.69) is 22.8 Å². The third kappa shape index (κ3) is 2.81. The molecule has 4 nitrogen and oxygen atoms in total. The second-order valence-electron chi connectivity index (χ2n) is 5.45. The lowest BCUT2D eigenvalue weighted by Crippen LogP contribution is -2.25. The average Bonchev–Trinajstić information content (AvgIpc) is 3.22. The number of hydrogen-bond acceptors (Lipinski definition) is 4. The summed E-state index contributed by atoms with van der Waals surface area (Å²) >= 11 is 7.84. The molecule has 4 rings (SSSR count). The molecule has 1 N–H and O–H groups in total. The molecule has 0 aliphatic carbocycles. The second-order valence-corrected chi connectivity index (χ2v) is 6.77. The van der Waals surface area contributed by atoms with E-state index in [0.717, 1.165) is 6.42 Å². The highest BCUT2D eigenvalue weighted by Crippen LogP contribution is 2.39. The number of fused-ring (bicyclic) bond motifs is 2. The van der Waals surface area contributed by atoms with Gasteiger partial charge in [0.2, 0.25) is 6.79 Å². The largest absolute Gasteiger partial charge is 0.454 e. The van der Waals surface area contributed by atoms with Crippen molar-refractivity contribution in [3.8, 4) is 11.5 Å². The minimum absolute atomic E-state index is 0.130. The summed E-state index contributed by atoms with van der Waals surface area (Å²) in [6.07, 6.45) is 0.786. The quantitative estimate of drug-likeness (QED) is 0.757. The maximum Gasteiger partial charge on any atom is 0.251 e. The van der Waals surface area contributed by atoms with Gasteiger partial charge in [-0.25, -0.2) is 0 Å². The Balaban J connectivity index is 1.43. The number of rotatable bonds is 4. The lowest BCUT2D eigenvalue weighted by atomic mass is 10.1. The summed E-state index contributed by atoms with van der Waals surface area (Å²) in [4.78, 5) is 12.3. The fourth-order valence-electron chi connectivity index (χ4n) is 2.74. The number of thiophene rings is 1. The van der Waals surface area contributed by atoms with Crippen LogP contribution in [0.2, 0.25) is 5.02 Å². The molecule has 2 aromatic carbocycles. The van der Waals surface area contributed by atoms with Crippen LogP contribution in [0.3, 0.4) is 0 Å². The third-order valence-corrected chi connectivity index (χ3v) is 5.22. The Bertz CT molecular complexity index is 922. The molecule has 0 saturated carbocycles. The molecular formula is C18H14ClNO3S. The van der Waals surface area contributed by atoms with Crippen LogP contribution in [-0.2, 0) is 6.42 Å². The molecule has 122 valence electrons. The first-order valence-corrected chi connectivity index (χ1v) is 8.80. The Morgan fingerprint density at radius 3 is 3.04 bits per heavy atom. The molecule has 1 aromatic heterocycles. The molecule has 24 heavy (non-hydrogen) atoms. The lowest BCUT2D eigenvalue weighted by Gasteiger charge is -2.07. The summed E-state index contributed by atoms with van der Waals surface area (Å²) in [7, 11) is 0. The van der Waals surface area contributed by atoms with Crippen molar-refractivity contribution in [2.24, 2.45) is 0 Å². The van der Waals surface area contributed by atoms with Gasteiger partial charge in [-0.2, -0.15) is 0 Å². The highest BCUT2D eigenvalue weighted by molar-refractivity contribution is 7.17. The van der Waals surface area contributed by atoms with E-state index in [1.54, 1.807) is 23.5 Å². The molecular weight excluding hydrogens is 346 g/mol. The van der Waals surface area contributed by atoms with E-state index in [1.807, 2.05) is 12.1 Å². The summed E-state index contributed by atoms with van der Waals surface area (Å²) in [5.74, 6) is 0.837. The zero-order valence-electron chi connectivity index (χ0n) is 12.7. The van der Waals surface area contributed by atoms with E-state index in [-0.39, 0.29) is 12.7 Å². The molecule has 1 aliphatic rings. The van der Waals surface area contributed by atoms with Crippen molar-refractivity contribution in [2.75, 3.05) is 13.3 Å². The Morgan fingerprint density at radius 2 is 2.12 bits per heavy atom. The van der Waals surface area contributed by atoms with Crippen LogP contribution in [0.4, 0.5) is 0 Å². The fraction of sp³-hybridized carbons (Fsp3) is 0.167. The van der Waals surface area contributed by atoms with Crippen molar-refractivity contribution >= 4 is 38.9 Å². The number of carbonyl (C=O) groups is 1. The number of benzene rings is 2. The van der Waals surface area contributed by atoms with Crippen LogP contribution in [0.1, 0.15) is 15.9 Å². The predicted molar refractivity (Wildman–Crippen MR) is 95.4 cm³/mol. The van der Waals surface area contributed by atoms with Crippen LogP contribution in [0, 0.1) is 0 Å². The Hall–Kier alpha value is -2.24. The van der Waals surface area contributed by atoms with Gasteiger partial charge >= 0.3 is 0 Å². The predicted octanol–water partition coefficient (Wildman–Crippen LogP) is 4.26. The first-order valence-electron chi connectivity index (χ1n) is 7.55. The zero-order valence-corrected chi connectivity index (χ0v) is 14.2. The standard InChI is InChI=1S/C18H14ClNO3S/c19-14-7-12(8-15-17(14)23-10-22-15)18(21)20-6-5-11-9-24-16-4-2-1-3-13(11)16/h1-4,7-9H,5-6,10H2,(H,20,21). The molecule has 0 bridgehead atoms. The Kier molecular flexibility index (Phi) is 4.04. The van der Waals surface area contributed by atoms with Crippen molar-refractivity contribution in [1.82, 2.24) is 5.32 Å². The van der Waals surface area contributed by atoms with Crippen LogP contribution in [0.5, 0.6) is 11.5 Å². The fourth-order valence-corrected chi connectivity index (χ4v) is 4.00. The van der Waals surface area contributed by atoms with Crippen LogP contribution in [-0.4, -0.2) is 19.2 Å². The maximum absolute atomic E-state index is 12.3. The molecule has 3 aromatic rings. The highest BCUT2D eigenvalue weighted by Gasteiger charge is 2.20. The van der Waals surface area contributed by atoms with Gasteiger partial charge < -0.3 is 14.8 Å². The summed E-state index contributed by atoms with van der Waals surface area (Å²) in [6.45, 7) is 0.691. The monoisotopic (exact) mass is 359 g/mol. The molecule has 6 heteroatoms. The number of nitrogens with one attached hydrogen (secondary N) is 1. The van der Waals surface area contributed by atoms with Crippen LogP contribution in [0.25, 0.3) is 10.1 Å². The van der Waals surface area contributed by atoms with Crippen molar-refractivity contribution < 1.29 is 14.3 Å². The highest BCUT2D eigenvalue weighted by atomic mass is 35.5. The average molecular weight is 360 g/mol. The van der Waals surface area contributed by atoms with Crippen molar-refractivity contribution in [2.45, 2.75) is 6.42 Å². The zero-order chi connectivity index (χ0) is 16.5. The molecule has 0 unspecified atom stereocenters. The molecule has 1 aliphatic heterocycles. The summed E-state index contributed by atoms with van der Waals surface area (Å²) in [6, 6.07) is 11.5. The second kappa shape index (κ2) is 6.34. The van der Waals surface area contributed by atoms with Gasteiger partial charge in [-0.1, -0.05) is 29.8 Å². The molecule has 1 amide bonds. The number of ether oxygens (including phenoxy) is 2. The Labute approximate surface area is 148 Å². The van der Waals surface area contributed by atoms with Crippen LogP contribution < -0.4 is 14.8 Å². The number of halogens is 1. The maximum atomic E-state index is 12.3. The van der Waals surface area contributed by atoms with E-state index >= 15 is 0 Å². The minimum Gasteiger partial charge on any atom is -0.454 e. The smallest absolute Gasteiger partial charge is 0.251 e. The van der Waals surface area contributed by atoms with Crippen molar-refractivity contribution in [3.63, 3.8) is 0 Å². The Morgan fingerprint density at radius 1 is 1.25 bits per heavy atom. The van der Waals surface area contributed by atoms with E-state index < -0.39 is 0 Å². The minimum atomic E-state index is -0.172. The molecule has 0 fully saturated rings. The van der Waals surface area contributed by atoms with E-state index in [0.29, 0.717) is 28.6 Å². The van der Waals surface area contributed by atoms with Crippen LogP contribution >= 0.6 is 22.9 Å². The molecule has 0 spiro atoms. The van der Waals surface area contributed by atoms with Gasteiger partial charge in [0.25, 0.3) is 5.91 Å².